The monoisotopic (exact) mass is 1190 g/mol. The number of carbonyl (C=O) groups excluding carboxylic acids is 2. The molecule has 24 heteroatoms. The number of aliphatic hydroxyl groups excluding tert-OH is 3. The van der Waals surface area contributed by atoms with Crippen molar-refractivity contribution in [1.82, 2.24) is 24.6 Å². The normalized spacial score (nSPS) is 26.7. The molecule has 3 aromatic carbocycles. The third kappa shape index (κ3) is 12.4. The molecule has 2 amide bonds. The van der Waals surface area contributed by atoms with Gasteiger partial charge in [0.1, 0.15) is 48.8 Å². The van der Waals surface area contributed by atoms with Gasteiger partial charge in [0.2, 0.25) is 6.29 Å². The van der Waals surface area contributed by atoms with Crippen LogP contribution in [0.25, 0.3) is 21.3 Å². The summed E-state index contributed by atoms with van der Waals surface area (Å²) in [6, 6.07) is 21.6. The number of amides is 2. The third-order valence-electron chi connectivity index (χ3n) is 17.3. The average molecular weight is 1190 g/mol. The van der Waals surface area contributed by atoms with Gasteiger partial charge in [-0.2, -0.15) is 5.10 Å². The van der Waals surface area contributed by atoms with Crippen LogP contribution < -0.4 is 25.4 Å². The molecule has 6 aromatic rings. The fourth-order valence-corrected chi connectivity index (χ4v) is 15.6. The number of aliphatic hydroxyl groups is 3. The van der Waals surface area contributed by atoms with Gasteiger partial charge in [-0.15, -0.1) is 0 Å². The summed E-state index contributed by atoms with van der Waals surface area (Å²) in [4.78, 5) is 65.0. The summed E-state index contributed by atoms with van der Waals surface area (Å²) >= 11 is 1.41. The van der Waals surface area contributed by atoms with Crippen LogP contribution in [0, 0.1) is 23.2 Å². The van der Waals surface area contributed by atoms with E-state index in [9.17, 15) is 44.7 Å². The van der Waals surface area contributed by atoms with E-state index in [2.05, 4.69) is 24.1 Å². The number of anilines is 2. The molecule has 85 heavy (non-hydrogen) atoms. The summed E-state index contributed by atoms with van der Waals surface area (Å²) in [5.74, 6) is -2.18. The first-order valence-electron chi connectivity index (χ1n) is 28.6. The minimum atomic E-state index is -1.89. The lowest BCUT2D eigenvalue weighted by atomic mass is 9.39. The molecule has 4 aliphatic carbocycles. The molecular formula is C61H72N8O15S. The zero-order valence-corrected chi connectivity index (χ0v) is 48.7. The second kappa shape index (κ2) is 23.9. The van der Waals surface area contributed by atoms with Crippen LogP contribution in [0.5, 0.6) is 11.5 Å². The van der Waals surface area contributed by atoms with Gasteiger partial charge >= 0.3 is 18.0 Å². The predicted octanol–water partition coefficient (Wildman–Crippen LogP) is 6.41. The van der Waals surface area contributed by atoms with Gasteiger partial charge < -0.3 is 69.5 Å². The number of nitrogens with zero attached hydrogens (tertiary/aromatic N) is 6. The second-order valence-electron chi connectivity index (χ2n) is 24.3. The highest BCUT2D eigenvalue weighted by atomic mass is 32.1. The molecule has 4 saturated carbocycles. The number of ether oxygens (including phenoxy) is 6. The number of fused-ring (bicyclic) bond motifs is 2. The van der Waals surface area contributed by atoms with Gasteiger partial charge in [-0.25, -0.2) is 24.4 Å². The van der Waals surface area contributed by atoms with E-state index >= 15 is 0 Å². The van der Waals surface area contributed by atoms with Crippen LogP contribution in [0.3, 0.4) is 0 Å². The van der Waals surface area contributed by atoms with E-state index in [1.54, 1.807) is 25.4 Å². The highest BCUT2D eigenvalue weighted by Crippen LogP contribution is 2.72. The Hall–Kier alpha value is -7.29. The minimum Gasteiger partial charge on any atom is -0.491 e. The van der Waals surface area contributed by atoms with Crippen LogP contribution in [0.2, 0.25) is 0 Å². The van der Waals surface area contributed by atoms with Crippen molar-refractivity contribution in [3.05, 3.63) is 113 Å². The van der Waals surface area contributed by atoms with Crippen molar-refractivity contribution in [1.29, 1.82) is 0 Å². The number of hydrogen-bond donors (Lipinski definition) is 7. The standard InChI is InChI=1S/C61H72N8O15S/c1-35-41(39-14-15-46(65-47(39)53(74)75)68-18-16-36-8-7-9-40(42(36)26-68)52(73)66-56-64-43-10-5-6-11-45(43)85-56)25-63-69(35)34-60-29-58(2)28-59(3,30-60)32-61(31-58,33-60)82-21-19-67(4)57(78)81-27-37-12-13-38(24-44(37)80-23-22-79-20-17-62)83-55-50(72)48(70)49(71)51(84-55)54(76)77/h5-15,24-25,48-51,55,70-72H,16-23,26-34,62H2,1-4H3,(H,74,75)(H,76,77)(H,64,66,73)/t48-,49-,50+,51-,55+,58?,59?,60?,61?/m0/s1. The summed E-state index contributed by atoms with van der Waals surface area (Å²) in [5.41, 5.74) is 10.5. The zero-order chi connectivity index (χ0) is 60.0. The molecule has 23 nitrogen and oxygen atoms in total. The number of nitrogens with one attached hydrogen (secondary N) is 1. The number of para-hydroxylation sites is 1. The Balaban J connectivity index is 0.731. The fraction of sp³-hybridized carbons (Fsp3) is 0.492. The number of carbonyl (C=O) groups is 4. The van der Waals surface area contributed by atoms with E-state index in [1.165, 1.54) is 28.4 Å². The highest BCUT2D eigenvalue weighted by Gasteiger charge is 2.66. The van der Waals surface area contributed by atoms with Gasteiger partial charge in [0.15, 0.2) is 16.9 Å². The van der Waals surface area contributed by atoms with Crippen LogP contribution in [0.4, 0.5) is 15.7 Å². The molecule has 452 valence electrons. The second-order valence-corrected chi connectivity index (χ2v) is 25.3. The molecule has 4 bridgehead atoms. The number of carboxylic acid groups (broad SMARTS) is 2. The van der Waals surface area contributed by atoms with Crippen molar-refractivity contribution >= 4 is 56.4 Å². The summed E-state index contributed by atoms with van der Waals surface area (Å²) < 4.78 is 38.2. The van der Waals surface area contributed by atoms with Crippen molar-refractivity contribution in [2.75, 3.05) is 63.3 Å². The van der Waals surface area contributed by atoms with Gasteiger partial charge in [0, 0.05) is 73.8 Å². The van der Waals surface area contributed by atoms with E-state index in [0.29, 0.717) is 72.4 Å². The topological polar surface area (TPSA) is 313 Å². The Labute approximate surface area is 494 Å². The van der Waals surface area contributed by atoms with Crippen molar-refractivity contribution in [3.8, 4) is 22.6 Å². The lowest BCUT2D eigenvalue weighted by Gasteiger charge is -2.69. The maximum Gasteiger partial charge on any atom is 0.409 e. The van der Waals surface area contributed by atoms with Crippen LogP contribution >= 0.6 is 11.3 Å². The molecule has 2 unspecified atom stereocenters. The molecule has 5 heterocycles. The molecule has 12 rings (SSSR count). The number of benzene rings is 3. The van der Waals surface area contributed by atoms with Crippen LogP contribution in [-0.4, -0.2) is 164 Å². The maximum absolute atomic E-state index is 13.8. The van der Waals surface area contributed by atoms with Crippen molar-refractivity contribution in [2.24, 2.45) is 22.0 Å². The van der Waals surface area contributed by atoms with Crippen molar-refractivity contribution in [2.45, 2.75) is 122 Å². The number of hydrogen-bond acceptors (Lipinski definition) is 19. The number of nitrogens with two attached hydrogens (primary N) is 1. The smallest absolute Gasteiger partial charge is 0.409 e. The van der Waals surface area contributed by atoms with Gasteiger partial charge in [-0.1, -0.05) is 49.4 Å². The largest absolute Gasteiger partial charge is 0.491 e. The number of aromatic carboxylic acids is 1. The van der Waals surface area contributed by atoms with Crippen LogP contribution in [-0.2, 0) is 49.9 Å². The predicted molar refractivity (Wildman–Crippen MR) is 311 cm³/mol. The fourth-order valence-electron chi connectivity index (χ4n) is 14.7. The quantitative estimate of drug-likeness (QED) is 0.0361. The number of carboxylic acids is 2. The van der Waals surface area contributed by atoms with E-state index in [1.807, 2.05) is 65.0 Å². The molecular weight excluding hydrogens is 1120 g/mol. The van der Waals surface area contributed by atoms with E-state index in [-0.39, 0.29) is 72.3 Å². The Morgan fingerprint density at radius 2 is 1.66 bits per heavy atom. The van der Waals surface area contributed by atoms with Gasteiger partial charge in [0.25, 0.3) is 5.91 Å². The van der Waals surface area contributed by atoms with Crippen LogP contribution in [0.15, 0.2) is 79.0 Å². The van der Waals surface area contributed by atoms with E-state index in [0.717, 1.165) is 65.6 Å². The molecule has 6 aliphatic rings. The van der Waals surface area contributed by atoms with Gasteiger partial charge in [-0.05, 0) is 122 Å². The number of aromatic nitrogens is 4. The van der Waals surface area contributed by atoms with Crippen molar-refractivity contribution in [3.63, 3.8) is 0 Å². The number of aliphatic carboxylic acids is 1. The molecule has 5 fully saturated rings. The Kier molecular flexibility index (Phi) is 16.7. The Bertz CT molecular complexity index is 3450. The van der Waals surface area contributed by atoms with Crippen molar-refractivity contribution < 1.29 is 73.1 Å². The molecule has 3 aromatic heterocycles. The summed E-state index contributed by atoms with van der Waals surface area (Å²) in [6.45, 7) is 9.44. The number of likely N-dealkylation sites (N-methyl/N-ethyl adjacent to an activating group) is 1. The first-order chi connectivity index (χ1) is 40.6. The molecule has 7 atom stereocenters. The third-order valence-corrected chi connectivity index (χ3v) is 18.3. The molecule has 0 spiro atoms. The zero-order valence-electron chi connectivity index (χ0n) is 47.9. The SMILES string of the molecule is Cc1c(-c2ccc(N3CCc4cccc(C(=O)Nc5nc6ccccc6s5)c4C3)nc2C(=O)O)cnn1CC12CC3(C)CC(C)(C1)CC(OCCN(C)C(=O)OCc1ccc(O[C@@H]4O[C@H](C(=O)O)[C@@H](O)[C@H](O)[C@H]4O)cc1OCCOCCN)(C3)C2. The minimum absolute atomic E-state index is 0.00479. The number of pyridine rings is 1. The number of thiazole rings is 1. The lowest BCUT2D eigenvalue weighted by Crippen LogP contribution is -2.64. The highest BCUT2D eigenvalue weighted by molar-refractivity contribution is 7.22. The average Bonchev–Trinajstić information content (AvgIpc) is 0.856. The van der Waals surface area contributed by atoms with Crippen LogP contribution in [0.1, 0.15) is 95.6 Å². The summed E-state index contributed by atoms with van der Waals surface area (Å²) in [5, 5.41) is 59.6. The first-order valence-corrected chi connectivity index (χ1v) is 29.4. The Morgan fingerprint density at radius 1 is 0.871 bits per heavy atom. The van der Waals surface area contributed by atoms with Gasteiger partial charge in [0.05, 0.1) is 41.8 Å². The molecule has 8 N–H and O–H groups in total. The van der Waals surface area contributed by atoms with E-state index < -0.39 is 54.3 Å². The number of rotatable bonds is 22. The van der Waals surface area contributed by atoms with E-state index in [4.69, 9.17) is 44.2 Å². The van der Waals surface area contributed by atoms with Gasteiger partial charge in [-0.3, -0.25) is 14.8 Å². The maximum atomic E-state index is 13.8. The lowest BCUT2D eigenvalue weighted by molar-refractivity contribution is -0.271. The Morgan fingerprint density at radius 3 is 2.41 bits per heavy atom. The summed E-state index contributed by atoms with van der Waals surface area (Å²) in [7, 11) is 1.64. The first kappa shape index (κ1) is 59.4. The molecule has 0 radical (unpaired) electrons. The molecule has 1 saturated heterocycles. The molecule has 2 aliphatic heterocycles. The summed E-state index contributed by atoms with van der Waals surface area (Å²) in [6.07, 6.45) is -1.69.